The summed E-state index contributed by atoms with van der Waals surface area (Å²) in [6.45, 7) is 1.92. The minimum absolute atomic E-state index is 0. The zero-order chi connectivity index (χ0) is 14.3. The van der Waals surface area contributed by atoms with Gasteiger partial charge >= 0.3 is 0 Å². The number of carbonyl (C=O) groups is 1. The van der Waals surface area contributed by atoms with E-state index in [2.05, 4.69) is 15.6 Å². The highest BCUT2D eigenvalue weighted by molar-refractivity contribution is 5.85. The van der Waals surface area contributed by atoms with Crippen LogP contribution < -0.4 is 5.32 Å². The summed E-state index contributed by atoms with van der Waals surface area (Å²) in [4.78, 5) is 11.1. The first-order valence-corrected chi connectivity index (χ1v) is 7.08. The van der Waals surface area contributed by atoms with E-state index in [0.29, 0.717) is 18.9 Å². The highest BCUT2D eigenvalue weighted by Crippen LogP contribution is 2.38. The van der Waals surface area contributed by atoms with Crippen molar-refractivity contribution in [1.82, 2.24) is 20.3 Å². The fourth-order valence-electron chi connectivity index (χ4n) is 2.92. The van der Waals surface area contributed by atoms with Gasteiger partial charge in [0.2, 0.25) is 5.91 Å². The molecule has 0 saturated heterocycles. The third-order valence-electron chi connectivity index (χ3n) is 4.16. The molecular weight excluding hydrogens is 296 g/mol. The summed E-state index contributed by atoms with van der Waals surface area (Å²) >= 11 is 0. The monoisotopic (exact) mass is 316 g/mol. The van der Waals surface area contributed by atoms with Crippen LogP contribution in [0.15, 0.2) is 6.20 Å². The fraction of sp³-hybridized carbons (Fsp3) is 0.769. The highest BCUT2D eigenvalue weighted by Gasteiger charge is 2.42. The number of rotatable bonds is 4. The van der Waals surface area contributed by atoms with Crippen molar-refractivity contribution in [2.24, 2.45) is 5.92 Å². The van der Waals surface area contributed by atoms with Crippen LogP contribution in [0.4, 0.5) is 0 Å². The average molecular weight is 317 g/mol. The lowest BCUT2D eigenvalue weighted by molar-refractivity contribution is -0.120. The van der Waals surface area contributed by atoms with Gasteiger partial charge in [-0.05, 0) is 19.3 Å². The predicted octanol–water partition coefficient (Wildman–Crippen LogP) is -0.176. The second kappa shape index (κ2) is 6.29. The Kier molecular flexibility index (Phi) is 4.85. The molecule has 7 nitrogen and oxygen atoms in total. The van der Waals surface area contributed by atoms with Crippen LogP contribution in [0.3, 0.4) is 0 Å². The van der Waals surface area contributed by atoms with Crippen molar-refractivity contribution in [2.75, 3.05) is 0 Å². The maximum atomic E-state index is 11.1. The Labute approximate surface area is 129 Å². The van der Waals surface area contributed by atoms with Crippen LogP contribution >= 0.6 is 12.4 Å². The van der Waals surface area contributed by atoms with Crippen molar-refractivity contribution in [3.63, 3.8) is 0 Å². The van der Waals surface area contributed by atoms with E-state index in [1.54, 1.807) is 4.68 Å². The van der Waals surface area contributed by atoms with E-state index in [9.17, 15) is 15.0 Å². The molecule has 21 heavy (non-hydrogen) atoms. The summed E-state index contributed by atoms with van der Waals surface area (Å²) in [6, 6.07) is -0.390. The van der Waals surface area contributed by atoms with E-state index in [4.69, 9.17) is 0 Å². The van der Waals surface area contributed by atoms with E-state index in [1.165, 1.54) is 19.8 Å². The molecule has 2 aliphatic carbocycles. The molecule has 1 heterocycles. The molecule has 2 saturated carbocycles. The van der Waals surface area contributed by atoms with Crippen LogP contribution in [0.5, 0.6) is 0 Å². The molecule has 0 radical (unpaired) electrons. The predicted molar refractivity (Wildman–Crippen MR) is 77.0 cm³/mol. The number of halogens is 1. The van der Waals surface area contributed by atoms with Gasteiger partial charge in [0.25, 0.3) is 0 Å². The number of hydrogen-bond acceptors (Lipinski definition) is 5. The third kappa shape index (κ3) is 3.53. The Balaban J connectivity index is 0.00000161. The lowest BCUT2D eigenvalue weighted by Crippen LogP contribution is -2.42. The minimum Gasteiger partial charge on any atom is -0.390 e. The second-order valence-corrected chi connectivity index (χ2v) is 5.92. The number of nitrogens with zero attached hydrogens (tertiary/aromatic N) is 3. The summed E-state index contributed by atoms with van der Waals surface area (Å²) in [5.41, 5.74) is 1.01. The molecule has 0 bridgehead atoms. The summed E-state index contributed by atoms with van der Waals surface area (Å²) in [5.74, 6) is 0.226. The van der Waals surface area contributed by atoms with E-state index in [-0.39, 0.29) is 30.3 Å². The molecule has 4 atom stereocenters. The first-order chi connectivity index (χ1) is 9.54. The number of aliphatic hydroxyl groups is 2. The molecule has 1 amide bonds. The Hall–Kier alpha value is -1.18. The highest BCUT2D eigenvalue weighted by atomic mass is 35.5. The number of nitrogens with one attached hydrogen (secondary N) is 1. The van der Waals surface area contributed by atoms with Gasteiger partial charge in [-0.15, -0.1) is 17.5 Å². The van der Waals surface area contributed by atoms with Gasteiger partial charge in [0.05, 0.1) is 17.8 Å². The van der Waals surface area contributed by atoms with Crippen LogP contribution in [0, 0.1) is 5.92 Å². The SMILES string of the molecule is CC(=O)N[C@@H]1C[C@H](Cn2cc(C3CC3)nn2)[C@@H](O)[C@H]1O.Cl. The van der Waals surface area contributed by atoms with Gasteiger partial charge in [0, 0.05) is 31.5 Å². The van der Waals surface area contributed by atoms with Gasteiger partial charge in [-0.3, -0.25) is 9.48 Å². The summed E-state index contributed by atoms with van der Waals surface area (Å²) in [7, 11) is 0. The molecule has 1 aromatic rings. The van der Waals surface area contributed by atoms with E-state index in [0.717, 1.165) is 5.69 Å². The molecular formula is C13H21ClN4O3. The Bertz CT molecular complexity index is 505. The topological polar surface area (TPSA) is 100 Å². The summed E-state index contributed by atoms with van der Waals surface area (Å²) in [5, 5.41) is 30.9. The summed E-state index contributed by atoms with van der Waals surface area (Å²) < 4.78 is 1.73. The molecule has 1 aromatic heterocycles. The number of aliphatic hydroxyl groups excluding tert-OH is 2. The van der Waals surface area contributed by atoms with Gasteiger partial charge in [-0.1, -0.05) is 5.21 Å². The fourth-order valence-corrected chi connectivity index (χ4v) is 2.92. The maximum absolute atomic E-state index is 11.1. The lowest BCUT2D eigenvalue weighted by Gasteiger charge is -2.17. The average Bonchev–Trinajstić information content (AvgIpc) is 3.09. The molecule has 3 N–H and O–H groups in total. The van der Waals surface area contributed by atoms with Gasteiger partial charge in [-0.25, -0.2) is 0 Å². The van der Waals surface area contributed by atoms with E-state index < -0.39 is 12.2 Å². The van der Waals surface area contributed by atoms with Gasteiger partial charge in [-0.2, -0.15) is 0 Å². The third-order valence-corrected chi connectivity index (χ3v) is 4.16. The number of carbonyl (C=O) groups excluding carboxylic acids is 1. The molecule has 0 aromatic carbocycles. The first-order valence-electron chi connectivity index (χ1n) is 7.08. The largest absolute Gasteiger partial charge is 0.390 e. The number of aromatic nitrogens is 3. The van der Waals surface area contributed by atoms with Gasteiger partial charge < -0.3 is 15.5 Å². The van der Waals surface area contributed by atoms with Crippen molar-refractivity contribution in [1.29, 1.82) is 0 Å². The number of amides is 1. The molecule has 0 unspecified atom stereocenters. The van der Waals surface area contributed by atoms with Crippen LogP contribution in [0.25, 0.3) is 0 Å². The van der Waals surface area contributed by atoms with Crippen LogP contribution in [-0.2, 0) is 11.3 Å². The Morgan fingerprint density at radius 3 is 2.76 bits per heavy atom. The summed E-state index contributed by atoms with van der Waals surface area (Å²) in [6.07, 6.45) is 3.04. The number of hydrogen-bond donors (Lipinski definition) is 3. The van der Waals surface area contributed by atoms with Crippen molar-refractivity contribution in [2.45, 2.75) is 56.9 Å². The lowest BCUT2D eigenvalue weighted by atomic mass is 10.1. The zero-order valence-electron chi connectivity index (χ0n) is 11.8. The molecule has 0 aliphatic heterocycles. The van der Waals surface area contributed by atoms with Crippen molar-refractivity contribution in [3.8, 4) is 0 Å². The molecule has 2 fully saturated rings. The maximum Gasteiger partial charge on any atom is 0.217 e. The molecule has 3 rings (SSSR count). The molecule has 118 valence electrons. The smallest absolute Gasteiger partial charge is 0.217 e. The standard InChI is InChI=1S/C13H20N4O3.ClH/c1-7(18)14-10-4-9(12(19)13(10)20)5-17-6-11(15-16-17)8-2-3-8;/h6,8-10,12-13,19-20H,2-5H2,1H3,(H,14,18);1H/t9-,10-,12-,13+;/m1./s1. The minimum atomic E-state index is -0.921. The van der Waals surface area contributed by atoms with E-state index >= 15 is 0 Å². The normalized spacial score (nSPS) is 31.8. The van der Waals surface area contributed by atoms with Crippen molar-refractivity contribution >= 4 is 18.3 Å². The first kappa shape index (κ1) is 16.2. The second-order valence-electron chi connectivity index (χ2n) is 5.92. The van der Waals surface area contributed by atoms with Crippen LogP contribution in [-0.4, -0.2) is 49.4 Å². The molecule has 2 aliphatic rings. The van der Waals surface area contributed by atoms with Crippen LogP contribution in [0.2, 0.25) is 0 Å². The van der Waals surface area contributed by atoms with Gasteiger partial charge in [0.15, 0.2) is 0 Å². The van der Waals surface area contributed by atoms with Crippen molar-refractivity contribution < 1.29 is 15.0 Å². The van der Waals surface area contributed by atoms with Crippen molar-refractivity contribution in [3.05, 3.63) is 11.9 Å². The molecule has 0 spiro atoms. The quantitative estimate of drug-likeness (QED) is 0.716. The molecule has 8 heteroatoms. The van der Waals surface area contributed by atoms with Crippen LogP contribution in [0.1, 0.15) is 37.8 Å². The Morgan fingerprint density at radius 2 is 2.14 bits per heavy atom. The zero-order valence-corrected chi connectivity index (χ0v) is 12.7. The Morgan fingerprint density at radius 1 is 1.43 bits per heavy atom. The van der Waals surface area contributed by atoms with E-state index in [1.807, 2.05) is 6.20 Å². The van der Waals surface area contributed by atoms with Gasteiger partial charge in [0.1, 0.15) is 6.10 Å².